The number of anilines is 1. The number of methoxy groups -OCH3 is 1. The van der Waals surface area contributed by atoms with Gasteiger partial charge in [-0.05, 0) is 12.1 Å². The van der Waals surface area contributed by atoms with Crippen LogP contribution >= 0.6 is 0 Å². The molecule has 1 aromatic heterocycles. The highest BCUT2D eigenvalue weighted by molar-refractivity contribution is 6.02. The van der Waals surface area contributed by atoms with Crippen LogP contribution in [-0.2, 0) is 4.74 Å². The molecule has 1 atom stereocenters. The lowest BCUT2D eigenvalue weighted by Crippen LogP contribution is -2.33. The zero-order valence-corrected chi connectivity index (χ0v) is 13.1. The van der Waals surface area contributed by atoms with Crippen LogP contribution in [0.15, 0.2) is 30.6 Å². The molecule has 0 spiro atoms. The summed E-state index contributed by atoms with van der Waals surface area (Å²) in [7, 11) is 1.46. The van der Waals surface area contributed by atoms with Crippen LogP contribution in [0, 0.1) is 5.82 Å². The minimum Gasteiger partial charge on any atom is -0.480 e. The summed E-state index contributed by atoms with van der Waals surface area (Å²) in [6.07, 6.45) is 2.31. The Morgan fingerprint density at radius 1 is 1.42 bits per heavy atom. The summed E-state index contributed by atoms with van der Waals surface area (Å²) in [6.45, 7) is 1.86. The largest absolute Gasteiger partial charge is 0.480 e. The molecule has 1 saturated heterocycles. The van der Waals surface area contributed by atoms with E-state index < -0.39 is 11.7 Å². The average Bonchev–Trinajstić information content (AvgIpc) is 2.62. The van der Waals surface area contributed by atoms with Gasteiger partial charge in [-0.1, -0.05) is 6.07 Å². The number of benzene rings is 1. The molecule has 3 rings (SSSR count). The third-order valence-electron chi connectivity index (χ3n) is 3.60. The van der Waals surface area contributed by atoms with Gasteiger partial charge in [-0.15, -0.1) is 0 Å². The molecule has 1 aliphatic heterocycles. The molecule has 0 radical (unpaired) electrons. The van der Waals surface area contributed by atoms with Crippen LogP contribution in [0.25, 0.3) is 0 Å². The molecule has 2 aromatic rings. The standard InChI is InChI=1S/C16H17FN4O3/c1-23-15-9-19-13(7-20-15)16(22)21-10-2-3-11(12(17)6-10)14-8-18-4-5-24-14/h2-3,6-7,9,14,18H,4-5,8H2,1H3,(H,21,22)/t14-/m0/s1. The summed E-state index contributed by atoms with van der Waals surface area (Å²) in [5.74, 6) is -0.599. The maximum atomic E-state index is 14.3. The number of hydrogen-bond acceptors (Lipinski definition) is 6. The van der Waals surface area contributed by atoms with Crippen LogP contribution < -0.4 is 15.4 Å². The van der Waals surface area contributed by atoms with Crippen molar-refractivity contribution in [1.29, 1.82) is 0 Å². The molecule has 126 valence electrons. The van der Waals surface area contributed by atoms with Crippen molar-refractivity contribution in [3.8, 4) is 5.88 Å². The number of aromatic nitrogens is 2. The van der Waals surface area contributed by atoms with Crippen molar-refractivity contribution in [1.82, 2.24) is 15.3 Å². The van der Waals surface area contributed by atoms with Crippen LogP contribution in [0.2, 0.25) is 0 Å². The molecule has 2 heterocycles. The van der Waals surface area contributed by atoms with Crippen molar-refractivity contribution >= 4 is 11.6 Å². The van der Waals surface area contributed by atoms with Gasteiger partial charge in [0.1, 0.15) is 11.5 Å². The molecule has 2 N–H and O–H groups in total. The lowest BCUT2D eigenvalue weighted by atomic mass is 10.1. The zero-order chi connectivity index (χ0) is 16.9. The molecule has 1 aliphatic rings. The maximum absolute atomic E-state index is 14.3. The number of nitrogens with one attached hydrogen (secondary N) is 2. The third kappa shape index (κ3) is 3.66. The fourth-order valence-corrected chi connectivity index (χ4v) is 2.37. The first-order chi connectivity index (χ1) is 11.7. The highest BCUT2D eigenvalue weighted by Gasteiger charge is 2.20. The molecule has 0 saturated carbocycles. The first kappa shape index (κ1) is 16.3. The van der Waals surface area contributed by atoms with Gasteiger partial charge >= 0.3 is 0 Å². The molecular weight excluding hydrogens is 315 g/mol. The topological polar surface area (TPSA) is 85.4 Å². The summed E-state index contributed by atoms with van der Waals surface area (Å²) in [5, 5.41) is 5.74. The Labute approximate surface area is 138 Å². The monoisotopic (exact) mass is 332 g/mol. The fraction of sp³-hybridized carbons (Fsp3) is 0.312. The van der Waals surface area contributed by atoms with E-state index in [1.54, 1.807) is 12.1 Å². The Morgan fingerprint density at radius 2 is 2.29 bits per heavy atom. The van der Waals surface area contributed by atoms with E-state index in [-0.39, 0.29) is 11.8 Å². The van der Waals surface area contributed by atoms with Crippen molar-refractivity contribution in [2.75, 3.05) is 32.1 Å². The molecular formula is C16H17FN4O3. The molecule has 1 amide bonds. The molecule has 1 fully saturated rings. The van der Waals surface area contributed by atoms with E-state index in [1.165, 1.54) is 25.6 Å². The number of hydrogen-bond donors (Lipinski definition) is 2. The number of rotatable bonds is 4. The molecule has 8 heteroatoms. The van der Waals surface area contributed by atoms with Crippen molar-refractivity contribution in [2.24, 2.45) is 0 Å². The van der Waals surface area contributed by atoms with E-state index in [0.29, 0.717) is 30.3 Å². The molecule has 7 nitrogen and oxygen atoms in total. The molecule has 0 aliphatic carbocycles. The smallest absolute Gasteiger partial charge is 0.275 e. The van der Waals surface area contributed by atoms with Crippen molar-refractivity contribution in [3.05, 3.63) is 47.7 Å². The lowest BCUT2D eigenvalue weighted by Gasteiger charge is -2.24. The minimum atomic E-state index is -0.479. The number of amides is 1. The van der Waals surface area contributed by atoms with E-state index >= 15 is 0 Å². The van der Waals surface area contributed by atoms with Gasteiger partial charge in [0.05, 0.1) is 32.2 Å². The first-order valence-electron chi connectivity index (χ1n) is 7.46. The Bertz CT molecular complexity index is 718. The summed E-state index contributed by atoms with van der Waals surface area (Å²) in [5.41, 5.74) is 0.909. The Morgan fingerprint density at radius 3 is 2.92 bits per heavy atom. The highest BCUT2D eigenvalue weighted by Crippen LogP contribution is 2.24. The fourth-order valence-electron chi connectivity index (χ4n) is 2.37. The second kappa shape index (κ2) is 7.33. The van der Waals surface area contributed by atoms with Gasteiger partial charge in [0.15, 0.2) is 0 Å². The van der Waals surface area contributed by atoms with Crippen LogP contribution in [0.4, 0.5) is 10.1 Å². The van der Waals surface area contributed by atoms with Crippen molar-refractivity contribution in [2.45, 2.75) is 6.10 Å². The normalized spacial score (nSPS) is 17.3. The molecule has 24 heavy (non-hydrogen) atoms. The van der Waals surface area contributed by atoms with Gasteiger partial charge in [0, 0.05) is 24.3 Å². The summed E-state index contributed by atoms with van der Waals surface area (Å²) < 4.78 is 24.7. The van der Waals surface area contributed by atoms with E-state index in [2.05, 4.69) is 20.6 Å². The van der Waals surface area contributed by atoms with E-state index in [1.807, 2.05) is 0 Å². The number of ether oxygens (including phenoxy) is 2. The Kier molecular flexibility index (Phi) is 4.97. The average molecular weight is 332 g/mol. The number of morpholine rings is 1. The van der Waals surface area contributed by atoms with Gasteiger partial charge in [-0.3, -0.25) is 4.79 Å². The van der Waals surface area contributed by atoms with Gasteiger partial charge in [-0.2, -0.15) is 0 Å². The second-order valence-electron chi connectivity index (χ2n) is 5.20. The van der Waals surface area contributed by atoms with Gasteiger partial charge in [0.25, 0.3) is 5.91 Å². The maximum Gasteiger partial charge on any atom is 0.275 e. The number of carbonyl (C=O) groups excluding carboxylic acids is 1. The highest BCUT2D eigenvalue weighted by atomic mass is 19.1. The van der Waals surface area contributed by atoms with Gasteiger partial charge in [-0.25, -0.2) is 14.4 Å². The van der Waals surface area contributed by atoms with Gasteiger partial charge < -0.3 is 20.1 Å². The molecule has 1 aromatic carbocycles. The molecule has 0 bridgehead atoms. The van der Waals surface area contributed by atoms with Crippen molar-refractivity contribution in [3.63, 3.8) is 0 Å². The second-order valence-corrected chi connectivity index (χ2v) is 5.20. The van der Waals surface area contributed by atoms with E-state index in [4.69, 9.17) is 9.47 Å². The van der Waals surface area contributed by atoms with Crippen LogP contribution in [0.1, 0.15) is 22.2 Å². The predicted octanol–water partition coefficient (Wildman–Crippen LogP) is 1.54. The predicted molar refractivity (Wildman–Crippen MR) is 84.5 cm³/mol. The quantitative estimate of drug-likeness (QED) is 0.883. The van der Waals surface area contributed by atoms with Crippen molar-refractivity contribution < 1.29 is 18.7 Å². The third-order valence-corrected chi connectivity index (χ3v) is 3.60. The minimum absolute atomic E-state index is 0.111. The SMILES string of the molecule is COc1cnc(C(=O)Nc2ccc([C@@H]3CNCCO3)c(F)c2)cn1. The summed E-state index contributed by atoms with van der Waals surface area (Å²) >= 11 is 0. The van der Waals surface area contributed by atoms with Crippen LogP contribution in [0.5, 0.6) is 5.88 Å². The number of halogens is 1. The Balaban J connectivity index is 1.70. The van der Waals surface area contributed by atoms with E-state index in [9.17, 15) is 9.18 Å². The Hall–Kier alpha value is -2.58. The lowest BCUT2D eigenvalue weighted by molar-refractivity contribution is 0.0255. The van der Waals surface area contributed by atoms with Crippen LogP contribution in [0.3, 0.4) is 0 Å². The van der Waals surface area contributed by atoms with E-state index in [0.717, 1.165) is 6.54 Å². The number of nitrogens with zero attached hydrogens (tertiary/aromatic N) is 2. The zero-order valence-electron chi connectivity index (χ0n) is 13.1. The summed E-state index contributed by atoms with van der Waals surface area (Å²) in [4.78, 5) is 19.9. The number of carbonyl (C=O) groups is 1. The van der Waals surface area contributed by atoms with Gasteiger partial charge in [0.2, 0.25) is 5.88 Å². The first-order valence-corrected chi connectivity index (χ1v) is 7.46. The summed E-state index contributed by atoms with van der Waals surface area (Å²) in [6, 6.07) is 4.51. The molecule has 0 unspecified atom stereocenters. The van der Waals surface area contributed by atoms with Crippen LogP contribution in [-0.4, -0.2) is 42.7 Å².